The van der Waals surface area contributed by atoms with Crippen LogP contribution < -0.4 is 10.5 Å². The third-order valence-corrected chi connectivity index (χ3v) is 2.71. The minimum atomic E-state index is -0.146. The average Bonchev–Trinajstić information content (AvgIpc) is 2.43. The lowest BCUT2D eigenvalue weighted by molar-refractivity contribution is 0.318. The fourth-order valence-corrected chi connectivity index (χ4v) is 1.51. The van der Waals surface area contributed by atoms with Gasteiger partial charge in [-0.15, -0.1) is 0 Å². The molecule has 0 amide bonds. The summed E-state index contributed by atoms with van der Waals surface area (Å²) in [5, 5.41) is 11.6. The number of rotatable bonds is 3. The first-order valence-corrected chi connectivity index (χ1v) is 5.66. The molecule has 1 heterocycles. The van der Waals surface area contributed by atoms with Crippen molar-refractivity contribution >= 4 is 5.84 Å². The number of aryl methyl sites for hydroxylation is 2. The zero-order valence-corrected chi connectivity index (χ0v) is 10.7. The monoisotopic (exact) mass is 258 g/mol. The van der Waals surface area contributed by atoms with Crippen LogP contribution in [0.5, 0.6) is 11.6 Å². The second-order valence-corrected chi connectivity index (χ2v) is 4.04. The van der Waals surface area contributed by atoms with Crippen molar-refractivity contribution in [1.29, 1.82) is 0 Å². The predicted molar refractivity (Wildman–Crippen MR) is 70.5 cm³/mol. The van der Waals surface area contributed by atoms with E-state index < -0.39 is 0 Å². The molecule has 0 aliphatic carbocycles. The van der Waals surface area contributed by atoms with E-state index >= 15 is 0 Å². The van der Waals surface area contributed by atoms with Crippen molar-refractivity contribution in [1.82, 2.24) is 9.97 Å². The highest BCUT2D eigenvalue weighted by Gasteiger charge is 2.12. The number of amidine groups is 1. The molecule has 2 aromatic rings. The van der Waals surface area contributed by atoms with Gasteiger partial charge >= 0.3 is 0 Å². The summed E-state index contributed by atoms with van der Waals surface area (Å²) in [6.45, 7) is 4.01. The highest BCUT2D eigenvalue weighted by atomic mass is 16.5. The van der Waals surface area contributed by atoms with Crippen LogP contribution in [0.3, 0.4) is 0 Å². The third-order valence-electron chi connectivity index (χ3n) is 2.71. The Kier molecular flexibility index (Phi) is 3.61. The van der Waals surface area contributed by atoms with Crippen molar-refractivity contribution in [2.45, 2.75) is 13.8 Å². The molecule has 0 unspecified atom stereocenters. The van der Waals surface area contributed by atoms with E-state index in [2.05, 4.69) is 15.1 Å². The van der Waals surface area contributed by atoms with Crippen molar-refractivity contribution in [3.63, 3.8) is 0 Å². The third kappa shape index (κ3) is 2.79. The first kappa shape index (κ1) is 12.8. The molecule has 3 N–H and O–H groups in total. The van der Waals surface area contributed by atoms with Gasteiger partial charge in [-0.25, -0.2) is 9.97 Å². The van der Waals surface area contributed by atoms with Crippen LogP contribution in [0.25, 0.3) is 0 Å². The highest BCUT2D eigenvalue weighted by Crippen LogP contribution is 2.23. The maximum atomic E-state index is 8.70. The summed E-state index contributed by atoms with van der Waals surface area (Å²) in [4.78, 5) is 8.02. The molecule has 0 atom stereocenters. The maximum Gasteiger partial charge on any atom is 0.249 e. The van der Waals surface area contributed by atoms with Gasteiger partial charge in [0.2, 0.25) is 5.88 Å². The van der Waals surface area contributed by atoms with Gasteiger partial charge in [0, 0.05) is 12.4 Å². The van der Waals surface area contributed by atoms with E-state index in [1.54, 1.807) is 0 Å². The molecule has 0 bridgehead atoms. The molecule has 0 saturated carbocycles. The molecule has 0 saturated heterocycles. The minimum Gasteiger partial charge on any atom is -0.437 e. The molecule has 1 aromatic heterocycles. The average molecular weight is 258 g/mol. The Morgan fingerprint density at radius 1 is 1.21 bits per heavy atom. The van der Waals surface area contributed by atoms with Gasteiger partial charge in [0.15, 0.2) is 11.5 Å². The Balaban J connectivity index is 2.35. The van der Waals surface area contributed by atoms with Gasteiger partial charge in [0.05, 0.1) is 0 Å². The molecule has 6 heteroatoms. The second-order valence-electron chi connectivity index (χ2n) is 4.04. The van der Waals surface area contributed by atoms with Crippen molar-refractivity contribution in [3.8, 4) is 11.6 Å². The summed E-state index contributed by atoms with van der Waals surface area (Å²) in [7, 11) is 0. The Hall–Kier alpha value is -2.63. The standard InChI is InChI=1S/C13H14N4O2/c1-8-3-4-10(7-9(8)2)19-13-11(12(14)17-18)15-5-6-16-13/h3-7,18H,1-2H3,(H2,14,17). The summed E-state index contributed by atoms with van der Waals surface area (Å²) >= 11 is 0. The summed E-state index contributed by atoms with van der Waals surface area (Å²) in [5.74, 6) is 0.670. The molecule has 19 heavy (non-hydrogen) atoms. The fraction of sp³-hybridized carbons (Fsp3) is 0.154. The van der Waals surface area contributed by atoms with Crippen LogP contribution in [0.4, 0.5) is 0 Å². The number of aromatic nitrogens is 2. The largest absolute Gasteiger partial charge is 0.437 e. The van der Waals surface area contributed by atoms with Crippen LogP contribution in [0.1, 0.15) is 16.8 Å². The van der Waals surface area contributed by atoms with Gasteiger partial charge in [-0.1, -0.05) is 11.2 Å². The zero-order chi connectivity index (χ0) is 13.8. The summed E-state index contributed by atoms with van der Waals surface area (Å²) in [5.41, 5.74) is 7.99. The minimum absolute atomic E-state index is 0.146. The number of oxime groups is 1. The van der Waals surface area contributed by atoms with E-state index in [4.69, 9.17) is 15.7 Å². The molecule has 1 aromatic carbocycles. The van der Waals surface area contributed by atoms with Crippen LogP contribution >= 0.6 is 0 Å². The van der Waals surface area contributed by atoms with Crippen LogP contribution in [-0.4, -0.2) is 21.0 Å². The Bertz CT molecular complexity index is 626. The summed E-state index contributed by atoms with van der Waals surface area (Å²) < 4.78 is 5.62. The van der Waals surface area contributed by atoms with Gasteiger partial charge in [-0.3, -0.25) is 0 Å². The van der Waals surface area contributed by atoms with Gasteiger partial charge in [-0.05, 0) is 37.1 Å². The van der Waals surface area contributed by atoms with Crippen molar-refractivity contribution in [3.05, 3.63) is 47.4 Å². The van der Waals surface area contributed by atoms with Gasteiger partial charge in [-0.2, -0.15) is 0 Å². The molecular weight excluding hydrogens is 244 g/mol. The lowest BCUT2D eigenvalue weighted by Crippen LogP contribution is -2.16. The Labute approximate surface area is 110 Å². The molecule has 98 valence electrons. The molecule has 0 fully saturated rings. The molecular formula is C13H14N4O2. The SMILES string of the molecule is Cc1ccc(Oc2nccnc2C(N)=NO)cc1C. The summed E-state index contributed by atoms with van der Waals surface area (Å²) in [6, 6.07) is 5.66. The number of benzene rings is 1. The molecule has 0 aliphatic rings. The van der Waals surface area contributed by atoms with Crippen molar-refractivity contribution in [2.75, 3.05) is 0 Å². The van der Waals surface area contributed by atoms with Gasteiger partial charge in [0.25, 0.3) is 0 Å². The Morgan fingerprint density at radius 2 is 1.95 bits per heavy atom. The summed E-state index contributed by atoms with van der Waals surface area (Å²) in [6.07, 6.45) is 2.92. The first-order valence-electron chi connectivity index (χ1n) is 5.66. The second kappa shape index (κ2) is 5.34. The molecule has 6 nitrogen and oxygen atoms in total. The molecule has 0 spiro atoms. The lowest BCUT2D eigenvalue weighted by Gasteiger charge is -2.09. The number of hydrogen-bond acceptors (Lipinski definition) is 5. The van der Waals surface area contributed by atoms with Crippen LogP contribution in [0, 0.1) is 13.8 Å². The first-order chi connectivity index (χ1) is 9.11. The topological polar surface area (TPSA) is 93.6 Å². The van der Waals surface area contributed by atoms with E-state index in [-0.39, 0.29) is 17.4 Å². The van der Waals surface area contributed by atoms with Crippen LogP contribution in [-0.2, 0) is 0 Å². The number of nitrogens with zero attached hydrogens (tertiary/aromatic N) is 3. The number of hydrogen-bond donors (Lipinski definition) is 2. The molecule has 2 rings (SSSR count). The number of ether oxygens (including phenoxy) is 1. The van der Waals surface area contributed by atoms with Crippen molar-refractivity contribution in [2.24, 2.45) is 10.9 Å². The van der Waals surface area contributed by atoms with E-state index in [1.807, 2.05) is 32.0 Å². The predicted octanol–water partition coefficient (Wildman–Crippen LogP) is 1.98. The Morgan fingerprint density at radius 3 is 2.63 bits per heavy atom. The quantitative estimate of drug-likeness (QED) is 0.380. The highest BCUT2D eigenvalue weighted by molar-refractivity contribution is 5.97. The fourth-order valence-electron chi connectivity index (χ4n) is 1.51. The normalized spacial score (nSPS) is 11.4. The zero-order valence-electron chi connectivity index (χ0n) is 10.7. The maximum absolute atomic E-state index is 8.70. The molecule has 0 aliphatic heterocycles. The van der Waals surface area contributed by atoms with Gasteiger partial charge < -0.3 is 15.7 Å². The van der Waals surface area contributed by atoms with E-state index in [1.165, 1.54) is 18.0 Å². The van der Waals surface area contributed by atoms with Gasteiger partial charge in [0.1, 0.15) is 5.75 Å². The van der Waals surface area contributed by atoms with Crippen LogP contribution in [0.2, 0.25) is 0 Å². The van der Waals surface area contributed by atoms with Crippen molar-refractivity contribution < 1.29 is 9.94 Å². The van der Waals surface area contributed by atoms with Crippen LogP contribution in [0.15, 0.2) is 35.7 Å². The van der Waals surface area contributed by atoms with E-state index in [0.29, 0.717) is 5.75 Å². The lowest BCUT2D eigenvalue weighted by atomic mass is 10.1. The number of nitrogens with two attached hydrogens (primary N) is 1. The molecule has 0 radical (unpaired) electrons. The van der Waals surface area contributed by atoms with E-state index in [9.17, 15) is 0 Å². The smallest absolute Gasteiger partial charge is 0.249 e. The van der Waals surface area contributed by atoms with E-state index in [0.717, 1.165) is 5.56 Å².